The van der Waals surface area contributed by atoms with Gasteiger partial charge in [0, 0.05) is 39.3 Å². The van der Waals surface area contributed by atoms with Gasteiger partial charge in [0.2, 0.25) is 17.8 Å². The minimum Gasteiger partial charge on any atom is -0.378 e. The largest absolute Gasteiger partial charge is 0.378 e. The van der Waals surface area contributed by atoms with E-state index in [4.69, 9.17) is 19.7 Å². The van der Waals surface area contributed by atoms with Crippen molar-refractivity contribution in [1.82, 2.24) is 29.8 Å². The molecular weight excluding hydrogens is 380 g/mol. The van der Waals surface area contributed by atoms with Crippen LogP contribution in [0, 0.1) is 0 Å². The number of morpholine rings is 1. The van der Waals surface area contributed by atoms with Crippen LogP contribution in [-0.2, 0) is 4.74 Å². The Labute approximate surface area is 169 Å². The number of anilines is 2. The van der Waals surface area contributed by atoms with Gasteiger partial charge >= 0.3 is 0 Å². The molecule has 2 aliphatic rings. The molecule has 148 valence electrons. The molecule has 2 saturated heterocycles. The fourth-order valence-corrected chi connectivity index (χ4v) is 3.48. The molecule has 1 N–H and O–H groups in total. The lowest BCUT2D eigenvalue weighted by molar-refractivity contribution is 0.122. The maximum Gasteiger partial charge on any atom is 0.242 e. The second kappa shape index (κ2) is 8.26. The summed E-state index contributed by atoms with van der Waals surface area (Å²) in [5, 5.41) is 3.37. The van der Waals surface area contributed by atoms with E-state index in [2.05, 4.69) is 20.1 Å². The van der Waals surface area contributed by atoms with Crippen LogP contribution in [0.4, 0.5) is 11.9 Å². The lowest BCUT2D eigenvalue weighted by Crippen LogP contribution is -2.45. The van der Waals surface area contributed by atoms with Gasteiger partial charge in [-0.15, -0.1) is 12.4 Å². The van der Waals surface area contributed by atoms with E-state index in [9.17, 15) is 0 Å². The van der Waals surface area contributed by atoms with E-state index in [1.54, 1.807) is 6.33 Å². The minimum atomic E-state index is 0. The van der Waals surface area contributed by atoms with Gasteiger partial charge in [0.1, 0.15) is 6.33 Å². The van der Waals surface area contributed by atoms with Crippen LogP contribution in [-0.4, -0.2) is 77.0 Å². The average molecular weight is 403 g/mol. The van der Waals surface area contributed by atoms with Crippen molar-refractivity contribution in [3.05, 3.63) is 30.6 Å². The van der Waals surface area contributed by atoms with Crippen molar-refractivity contribution < 1.29 is 4.74 Å². The number of rotatable bonds is 3. The fourth-order valence-electron chi connectivity index (χ4n) is 3.48. The topological polar surface area (TPSA) is 84.2 Å². The van der Waals surface area contributed by atoms with Gasteiger partial charge in [0.15, 0.2) is 0 Å². The molecule has 0 bridgehead atoms. The summed E-state index contributed by atoms with van der Waals surface area (Å²) in [4.78, 5) is 23.2. The first-order valence-electron chi connectivity index (χ1n) is 9.35. The Bertz CT molecular complexity index is 900. The maximum atomic E-state index is 5.48. The molecule has 1 aromatic carbocycles. The molecule has 2 aliphatic heterocycles. The zero-order chi connectivity index (χ0) is 18.1. The number of nitrogens with one attached hydrogen (secondary N) is 1. The molecule has 28 heavy (non-hydrogen) atoms. The van der Waals surface area contributed by atoms with Crippen molar-refractivity contribution in [1.29, 1.82) is 0 Å². The third-order valence-electron chi connectivity index (χ3n) is 4.96. The van der Waals surface area contributed by atoms with Gasteiger partial charge in [-0.25, -0.2) is 4.98 Å². The molecule has 0 aliphatic carbocycles. The second-order valence-corrected chi connectivity index (χ2v) is 6.68. The number of hydrogen-bond donors (Lipinski definition) is 1. The number of imidazole rings is 1. The number of ether oxygens (including phenoxy) is 1. The Morgan fingerprint density at radius 3 is 2.21 bits per heavy atom. The predicted molar refractivity (Wildman–Crippen MR) is 110 cm³/mol. The summed E-state index contributed by atoms with van der Waals surface area (Å²) in [6, 6.07) is 8.01. The first-order chi connectivity index (χ1) is 13.4. The van der Waals surface area contributed by atoms with E-state index in [0.29, 0.717) is 25.1 Å². The van der Waals surface area contributed by atoms with E-state index >= 15 is 0 Å². The van der Waals surface area contributed by atoms with Crippen molar-refractivity contribution in [3.8, 4) is 5.95 Å². The van der Waals surface area contributed by atoms with Gasteiger partial charge < -0.3 is 19.9 Å². The summed E-state index contributed by atoms with van der Waals surface area (Å²) in [7, 11) is 0. The Morgan fingerprint density at radius 1 is 0.821 bits per heavy atom. The van der Waals surface area contributed by atoms with Gasteiger partial charge in [0.25, 0.3) is 0 Å². The number of hydrogen-bond acceptors (Lipinski definition) is 8. The molecule has 0 radical (unpaired) electrons. The van der Waals surface area contributed by atoms with Crippen LogP contribution >= 0.6 is 12.4 Å². The average Bonchev–Trinajstić information content (AvgIpc) is 3.19. The Balaban J connectivity index is 0.00000192. The third-order valence-corrected chi connectivity index (χ3v) is 4.96. The SMILES string of the molecule is Cl.c1ccc2c(c1)ncn2-c1nc(N2CCNCC2)nc(N2CCOCC2)n1. The molecule has 9 nitrogen and oxygen atoms in total. The van der Waals surface area contributed by atoms with E-state index in [0.717, 1.165) is 56.3 Å². The molecule has 0 atom stereocenters. The van der Waals surface area contributed by atoms with Crippen LogP contribution in [0.5, 0.6) is 0 Å². The van der Waals surface area contributed by atoms with Gasteiger partial charge in [-0.3, -0.25) is 4.57 Å². The van der Waals surface area contributed by atoms with Crippen LogP contribution in [0.3, 0.4) is 0 Å². The van der Waals surface area contributed by atoms with E-state index in [1.165, 1.54) is 0 Å². The molecule has 0 unspecified atom stereocenters. The number of aromatic nitrogens is 5. The number of nitrogens with zero attached hydrogens (tertiary/aromatic N) is 7. The molecule has 5 rings (SSSR count). The predicted octanol–water partition coefficient (Wildman–Crippen LogP) is 0.878. The lowest BCUT2D eigenvalue weighted by Gasteiger charge is -2.30. The monoisotopic (exact) mass is 402 g/mol. The van der Waals surface area contributed by atoms with Crippen LogP contribution in [0.15, 0.2) is 30.6 Å². The second-order valence-electron chi connectivity index (χ2n) is 6.68. The summed E-state index contributed by atoms with van der Waals surface area (Å²) in [5.74, 6) is 2.03. The normalized spacial score (nSPS) is 17.6. The van der Waals surface area contributed by atoms with Crippen molar-refractivity contribution in [2.75, 3.05) is 62.3 Å². The number of halogens is 1. The summed E-state index contributed by atoms with van der Waals surface area (Å²) >= 11 is 0. The highest BCUT2D eigenvalue weighted by Gasteiger charge is 2.21. The van der Waals surface area contributed by atoms with Gasteiger partial charge in [-0.05, 0) is 12.1 Å². The van der Waals surface area contributed by atoms with Crippen molar-refractivity contribution >= 4 is 35.3 Å². The smallest absolute Gasteiger partial charge is 0.242 e. The zero-order valence-electron chi connectivity index (χ0n) is 15.5. The highest BCUT2D eigenvalue weighted by Crippen LogP contribution is 2.21. The number of fused-ring (bicyclic) bond motifs is 1. The third kappa shape index (κ3) is 3.60. The highest BCUT2D eigenvalue weighted by molar-refractivity contribution is 5.85. The van der Waals surface area contributed by atoms with Crippen molar-refractivity contribution in [2.24, 2.45) is 0 Å². The number of benzene rings is 1. The molecule has 0 spiro atoms. The fraction of sp³-hybridized carbons (Fsp3) is 0.444. The van der Waals surface area contributed by atoms with Crippen molar-refractivity contribution in [3.63, 3.8) is 0 Å². The quantitative estimate of drug-likeness (QED) is 0.691. The summed E-state index contributed by atoms with van der Waals surface area (Å²) < 4.78 is 7.42. The van der Waals surface area contributed by atoms with Gasteiger partial charge in [-0.1, -0.05) is 12.1 Å². The summed E-state index contributed by atoms with van der Waals surface area (Å²) in [5.41, 5.74) is 1.91. The molecule has 10 heteroatoms. The van der Waals surface area contributed by atoms with Crippen LogP contribution < -0.4 is 15.1 Å². The molecule has 4 heterocycles. The van der Waals surface area contributed by atoms with Crippen LogP contribution in [0.25, 0.3) is 17.0 Å². The first kappa shape index (κ1) is 18.9. The summed E-state index contributed by atoms with van der Waals surface area (Å²) in [6.07, 6.45) is 1.78. The standard InChI is InChI=1S/C18H22N8O.ClH/c1-2-4-15-14(3-1)20-13-26(15)18-22-16(24-7-5-19-6-8-24)21-17(23-18)25-9-11-27-12-10-25;/h1-4,13,19H,5-12H2;1H. The first-order valence-corrected chi connectivity index (χ1v) is 9.35. The van der Waals surface area contributed by atoms with Gasteiger partial charge in [0.05, 0.1) is 24.2 Å². The zero-order valence-corrected chi connectivity index (χ0v) is 16.3. The van der Waals surface area contributed by atoms with E-state index in [1.807, 2.05) is 28.8 Å². The Morgan fingerprint density at radius 2 is 1.46 bits per heavy atom. The number of para-hydroxylation sites is 2. The molecule has 2 fully saturated rings. The van der Waals surface area contributed by atoms with Crippen molar-refractivity contribution in [2.45, 2.75) is 0 Å². The minimum absolute atomic E-state index is 0. The molecule has 2 aromatic heterocycles. The van der Waals surface area contributed by atoms with Gasteiger partial charge in [-0.2, -0.15) is 15.0 Å². The molecular formula is C18H23ClN8O. The van der Waals surface area contributed by atoms with Crippen LogP contribution in [0.2, 0.25) is 0 Å². The van der Waals surface area contributed by atoms with E-state index < -0.39 is 0 Å². The Kier molecular flexibility index (Phi) is 5.56. The molecule has 0 amide bonds. The number of piperazine rings is 1. The Hall–Kier alpha value is -2.49. The highest BCUT2D eigenvalue weighted by atomic mass is 35.5. The van der Waals surface area contributed by atoms with Crippen LogP contribution in [0.1, 0.15) is 0 Å². The molecule has 0 saturated carbocycles. The summed E-state index contributed by atoms with van der Waals surface area (Å²) in [6.45, 7) is 6.59. The maximum absolute atomic E-state index is 5.48. The lowest BCUT2D eigenvalue weighted by atomic mass is 10.3. The molecule has 3 aromatic rings. The van der Waals surface area contributed by atoms with E-state index in [-0.39, 0.29) is 12.4 Å².